The molecular weight excluding hydrogens is 264 g/mol. The predicted octanol–water partition coefficient (Wildman–Crippen LogP) is 1.72. The van der Waals surface area contributed by atoms with Gasteiger partial charge in [-0.3, -0.25) is 4.90 Å². The fourth-order valence-electron chi connectivity index (χ4n) is 3.82. The van der Waals surface area contributed by atoms with Crippen LogP contribution >= 0.6 is 0 Å². The summed E-state index contributed by atoms with van der Waals surface area (Å²) in [5.74, 6) is 0.800. The van der Waals surface area contributed by atoms with Crippen LogP contribution in [0.2, 0.25) is 0 Å². The molecule has 4 aliphatic heterocycles. The zero-order valence-corrected chi connectivity index (χ0v) is 12.2. The van der Waals surface area contributed by atoms with Gasteiger partial charge in [-0.1, -0.05) is 6.07 Å². The summed E-state index contributed by atoms with van der Waals surface area (Å²) in [5, 5.41) is 6.54. The second kappa shape index (κ2) is 5.22. The van der Waals surface area contributed by atoms with E-state index in [4.69, 9.17) is 0 Å². The van der Waals surface area contributed by atoms with Crippen LogP contribution in [0.15, 0.2) is 24.3 Å². The number of carbonyl (C=O) groups excluding carboxylic acids is 1. The Balaban J connectivity index is 1.49. The highest BCUT2D eigenvalue weighted by molar-refractivity contribution is 5.94. The standard InChI is InChI=1S/C16H22N4O/c21-16-17-6-9-20(16)14-3-1-2-13(10-14)18-15-11-19-7-4-12(15)5-8-19/h1-3,10,12,15,18H,4-9,11H2,(H,17,21). The van der Waals surface area contributed by atoms with Crippen molar-refractivity contribution in [3.05, 3.63) is 24.3 Å². The Kier molecular flexibility index (Phi) is 3.22. The van der Waals surface area contributed by atoms with Gasteiger partial charge in [-0.05, 0) is 50.0 Å². The van der Waals surface area contributed by atoms with Crippen LogP contribution in [0.1, 0.15) is 12.8 Å². The summed E-state index contributed by atoms with van der Waals surface area (Å²) in [6, 6.07) is 8.81. The smallest absolute Gasteiger partial charge is 0.321 e. The molecule has 2 bridgehead atoms. The molecule has 0 spiro atoms. The van der Waals surface area contributed by atoms with E-state index >= 15 is 0 Å². The average Bonchev–Trinajstić information content (AvgIpc) is 2.95. The molecule has 112 valence electrons. The summed E-state index contributed by atoms with van der Waals surface area (Å²) >= 11 is 0. The van der Waals surface area contributed by atoms with Crippen molar-refractivity contribution in [2.75, 3.05) is 42.9 Å². The molecular formula is C16H22N4O. The van der Waals surface area contributed by atoms with Crippen molar-refractivity contribution in [2.45, 2.75) is 18.9 Å². The third kappa shape index (κ3) is 2.46. The van der Waals surface area contributed by atoms with E-state index in [9.17, 15) is 4.79 Å². The normalized spacial score (nSPS) is 31.3. The molecule has 4 aliphatic rings. The van der Waals surface area contributed by atoms with Gasteiger partial charge >= 0.3 is 6.03 Å². The van der Waals surface area contributed by atoms with Crippen molar-refractivity contribution in [2.24, 2.45) is 5.92 Å². The molecule has 1 aromatic rings. The van der Waals surface area contributed by atoms with Gasteiger partial charge < -0.3 is 15.5 Å². The zero-order chi connectivity index (χ0) is 14.2. The molecule has 5 nitrogen and oxygen atoms in total. The number of hydrogen-bond donors (Lipinski definition) is 2. The maximum atomic E-state index is 11.8. The lowest BCUT2D eigenvalue weighted by molar-refractivity contribution is 0.0975. The fourth-order valence-corrected chi connectivity index (χ4v) is 3.82. The lowest BCUT2D eigenvalue weighted by Gasteiger charge is -2.45. The van der Waals surface area contributed by atoms with Crippen molar-refractivity contribution in [3.63, 3.8) is 0 Å². The van der Waals surface area contributed by atoms with Gasteiger partial charge in [-0.2, -0.15) is 0 Å². The number of hydrogen-bond acceptors (Lipinski definition) is 3. The molecule has 2 N–H and O–H groups in total. The van der Waals surface area contributed by atoms with Crippen molar-refractivity contribution in [3.8, 4) is 0 Å². The molecule has 0 aliphatic carbocycles. The maximum absolute atomic E-state index is 11.8. The quantitative estimate of drug-likeness (QED) is 0.889. The number of fused-ring (bicyclic) bond motifs is 3. The van der Waals surface area contributed by atoms with Crippen LogP contribution < -0.4 is 15.5 Å². The number of amides is 2. The molecule has 1 atom stereocenters. The average molecular weight is 286 g/mol. The van der Waals surface area contributed by atoms with Crippen LogP contribution in [-0.4, -0.2) is 49.7 Å². The Hall–Kier alpha value is -1.75. The molecule has 1 unspecified atom stereocenters. The van der Waals surface area contributed by atoms with E-state index in [1.165, 1.54) is 25.9 Å². The fraction of sp³-hybridized carbons (Fsp3) is 0.562. The van der Waals surface area contributed by atoms with Gasteiger partial charge in [0.25, 0.3) is 0 Å². The van der Waals surface area contributed by atoms with Crippen molar-refractivity contribution < 1.29 is 4.79 Å². The monoisotopic (exact) mass is 286 g/mol. The highest BCUT2D eigenvalue weighted by atomic mass is 16.2. The summed E-state index contributed by atoms with van der Waals surface area (Å²) in [6.45, 7) is 5.16. The molecule has 4 saturated heterocycles. The number of carbonyl (C=O) groups is 1. The number of rotatable bonds is 3. The van der Waals surface area contributed by atoms with Gasteiger partial charge in [-0.25, -0.2) is 4.79 Å². The Labute approximate surface area is 125 Å². The largest absolute Gasteiger partial charge is 0.381 e. The molecule has 4 fully saturated rings. The minimum absolute atomic E-state index is 0.00924. The molecule has 0 aromatic heterocycles. The van der Waals surface area contributed by atoms with E-state index in [0.29, 0.717) is 6.04 Å². The lowest BCUT2D eigenvalue weighted by atomic mass is 9.84. The van der Waals surface area contributed by atoms with Crippen LogP contribution in [0, 0.1) is 5.92 Å². The SMILES string of the molecule is O=C1NCCN1c1cccc(NC2CN3CCC2CC3)c1. The maximum Gasteiger partial charge on any atom is 0.321 e. The van der Waals surface area contributed by atoms with Crippen LogP contribution in [0.3, 0.4) is 0 Å². The first kappa shape index (κ1) is 13.0. The summed E-state index contributed by atoms with van der Waals surface area (Å²) in [6.07, 6.45) is 2.62. The second-order valence-electron chi connectivity index (χ2n) is 6.32. The zero-order valence-electron chi connectivity index (χ0n) is 12.2. The van der Waals surface area contributed by atoms with Gasteiger partial charge in [0.15, 0.2) is 0 Å². The van der Waals surface area contributed by atoms with E-state index in [0.717, 1.165) is 36.9 Å². The first-order valence-corrected chi connectivity index (χ1v) is 7.94. The van der Waals surface area contributed by atoms with Crippen molar-refractivity contribution in [1.29, 1.82) is 0 Å². The van der Waals surface area contributed by atoms with Gasteiger partial charge in [-0.15, -0.1) is 0 Å². The van der Waals surface area contributed by atoms with Crippen molar-refractivity contribution >= 4 is 17.4 Å². The summed E-state index contributed by atoms with van der Waals surface area (Å²) in [7, 11) is 0. The van der Waals surface area contributed by atoms with Gasteiger partial charge in [0.1, 0.15) is 0 Å². The van der Waals surface area contributed by atoms with Crippen LogP contribution in [0.25, 0.3) is 0 Å². The first-order valence-electron chi connectivity index (χ1n) is 7.94. The van der Waals surface area contributed by atoms with Crippen LogP contribution in [0.4, 0.5) is 16.2 Å². The number of anilines is 2. The third-order valence-corrected chi connectivity index (χ3v) is 5.02. The van der Waals surface area contributed by atoms with E-state index in [2.05, 4.69) is 27.7 Å². The number of nitrogens with one attached hydrogen (secondary N) is 2. The topological polar surface area (TPSA) is 47.6 Å². The summed E-state index contributed by atoms with van der Waals surface area (Å²) in [5.41, 5.74) is 2.11. The molecule has 5 rings (SSSR count). The second-order valence-corrected chi connectivity index (χ2v) is 6.32. The van der Waals surface area contributed by atoms with Crippen LogP contribution in [-0.2, 0) is 0 Å². The first-order chi connectivity index (χ1) is 10.3. The Morgan fingerprint density at radius 2 is 2.05 bits per heavy atom. The lowest BCUT2D eigenvalue weighted by Crippen LogP contribution is -2.53. The Morgan fingerprint density at radius 3 is 2.71 bits per heavy atom. The number of piperidine rings is 3. The highest BCUT2D eigenvalue weighted by Gasteiger charge is 2.34. The van der Waals surface area contributed by atoms with Crippen molar-refractivity contribution in [1.82, 2.24) is 10.2 Å². The van der Waals surface area contributed by atoms with Gasteiger partial charge in [0, 0.05) is 37.1 Å². The number of urea groups is 1. The van der Waals surface area contributed by atoms with E-state index in [1.807, 2.05) is 17.0 Å². The Bertz CT molecular complexity index is 539. The molecule has 0 radical (unpaired) electrons. The van der Waals surface area contributed by atoms with Gasteiger partial charge in [0.2, 0.25) is 0 Å². The molecule has 1 aromatic carbocycles. The van der Waals surface area contributed by atoms with Crippen LogP contribution in [0.5, 0.6) is 0 Å². The number of benzene rings is 1. The Morgan fingerprint density at radius 1 is 1.19 bits per heavy atom. The minimum Gasteiger partial charge on any atom is -0.381 e. The predicted molar refractivity (Wildman–Crippen MR) is 83.8 cm³/mol. The summed E-state index contributed by atoms with van der Waals surface area (Å²) in [4.78, 5) is 16.1. The number of nitrogens with zero attached hydrogens (tertiary/aromatic N) is 2. The van der Waals surface area contributed by atoms with E-state index < -0.39 is 0 Å². The highest BCUT2D eigenvalue weighted by Crippen LogP contribution is 2.30. The van der Waals surface area contributed by atoms with Gasteiger partial charge in [0.05, 0.1) is 0 Å². The van der Waals surface area contributed by atoms with E-state index in [1.54, 1.807) is 0 Å². The molecule has 4 heterocycles. The third-order valence-electron chi connectivity index (χ3n) is 5.02. The molecule has 5 heteroatoms. The molecule has 2 amide bonds. The minimum atomic E-state index is 0.00924. The molecule has 21 heavy (non-hydrogen) atoms. The summed E-state index contributed by atoms with van der Waals surface area (Å²) < 4.78 is 0. The molecule has 0 saturated carbocycles. The van der Waals surface area contributed by atoms with E-state index in [-0.39, 0.29) is 6.03 Å².